The molecule has 1 N–H and O–H groups in total. The fourth-order valence-electron chi connectivity index (χ4n) is 4.16. The SMILES string of the molecule is CN1CCCN(c2nnc(C(=O)NCCCN3CCOCC3)c3ccccc23)CC1. The number of aromatic nitrogens is 2. The fraction of sp³-hybridized carbons (Fsp3) is 0.591. The smallest absolute Gasteiger partial charge is 0.272 e. The van der Waals surface area contributed by atoms with Crippen LogP contribution in [0.25, 0.3) is 10.8 Å². The molecule has 0 aliphatic carbocycles. The van der Waals surface area contributed by atoms with Gasteiger partial charge >= 0.3 is 0 Å². The molecule has 4 rings (SSSR count). The molecule has 30 heavy (non-hydrogen) atoms. The molecule has 0 atom stereocenters. The Hall–Kier alpha value is -2.29. The van der Waals surface area contributed by atoms with Crippen LogP contribution in [0.15, 0.2) is 24.3 Å². The minimum atomic E-state index is -0.150. The summed E-state index contributed by atoms with van der Waals surface area (Å²) < 4.78 is 5.38. The standard InChI is InChI=1S/C22H32N6O2/c1-26-9-5-11-28(13-12-26)21-19-7-3-2-6-18(19)20(24-25-21)22(29)23-8-4-10-27-14-16-30-17-15-27/h2-3,6-7H,4-5,8-17H2,1H3,(H,23,29). The number of carbonyl (C=O) groups excluding carboxylic acids is 1. The van der Waals surface area contributed by atoms with Crippen LogP contribution < -0.4 is 10.2 Å². The fourth-order valence-corrected chi connectivity index (χ4v) is 4.16. The van der Waals surface area contributed by atoms with Gasteiger partial charge in [0, 0.05) is 50.0 Å². The van der Waals surface area contributed by atoms with Crippen LogP contribution in [0.1, 0.15) is 23.3 Å². The second kappa shape index (κ2) is 10.1. The Kier molecular flexibility index (Phi) is 7.09. The van der Waals surface area contributed by atoms with Crippen molar-refractivity contribution in [1.82, 2.24) is 25.3 Å². The molecule has 1 aromatic heterocycles. The zero-order valence-corrected chi connectivity index (χ0v) is 17.8. The van der Waals surface area contributed by atoms with Crippen molar-refractivity contribution in [3.05, 3.63) is 30.0 Å². The number of fused-ring (bicyclic) bond motifs is 1. The number of rotatable bonds is 6. The van der Waals surface area contributed by atoms with E-state index in [4.69, 9.17) is 4.74 Å². The maximum absolute atomic E-state index is 12.8. The quantitative estimate of drug-likeness (QED) is 0.715. The Labute approximate surface area is 178 Å². The number of morpholine rings is 1. The highest BCUT2D eigenvalue weighted by Crippen LogP contribution is 2.26. The van der Waals surface area contributed by atoms with Gasteiger partial charge in [-0.3, -0.25) is 9.69 Å². The maximum Gasteiger partial charge on any atom is 0.272 e. The van der Waals surface area contributed by atoms with Gasteiger partial charge in [-0.15, -0.1) is 10.2 Å². The summed E-state index contributed by atoms with van der Waals surface area (Å²) in [5.41, 5.74) is 0.410. The number of nitrogens with one attached hydrogen (secondary N) is 1. The maximum atomic E-state index is 12.8. The van der Waals surface area contributed by atoms with E-state index in [2.05, 4.69) is 37.3 Å². The van der Waals surface area contributed by atoms with Gasteiger partial charge in [0.15, 0.2) is 11.5 Å². The van der Waals surface area contributed by atoms with Crippen LogP contribution in [0.3, 0.4) is 0 Å². The zero-order chi connectivity index (χ0) is 20.8. The second-order valence-corrected chi connectivity index (χ2v) is 8.13. The Bertz CT molecular complexity index is 855. The molecule has 0 radical (unpaired) electrons. The molecular formula is C22H32N6O2. The molecule has 3 heterocycles. The van der Waals surface area contributed by atoms with Crippen LogP contribution in [0.2, 0.25) is 0 Å². The summed E-state index contributed by atoms with van der Waals surface area (Å²) in [6.45, 7) is 9.11. The third kappa shape index (κ3) is 5.06. The van der Waals surface area contributed by atoms with E-state index < -0.39 is 0 Å². The summed E-state index contributed by atoms with van der Waals surface area (Å²) in [7, 11) is 2.15. The Morgan fingerprint density at radius 3 is 2.67 bits per heavy atom. The van der Waals surface area contributed by atoms with Crippen molar-refractivity contribution in [2.45, 2.75) is 12.8 Å². The highest BCUT2D eigenvalue weighted by Gasteiger charge is 2.20. The first kappa shape index (κ1) is 21.0. The number of hydrogen-bond acceptors (Lipinski definition) is 7. The molecular weight excluding hydrogens is 380 g/mol. The lowest BCUT2D eigenvalue weighted by molar-refractivity contribution is 0.0374. The molecule has 0 spiro atoms. The molecule has 2 aliphatic rings. The van der Waals surface area contributed by atoms with E-state index in [0.29, 0.717) is 12.2 Å². The molecule has 1 amide bonds. The highest BCUT2D eigenvalue weighted by atomic mass is 16.5. The molecule has 2 aliphatic heterocycles. The van der Waals surface area contributed by atoms with E-state index in [1.165, 1.54) is 0 Å². The Balaban J connectivity index is 1.43. The summed E-state index contributed by atoms with van der Waals surface area (Å²) in [6.07, 6.45) is 2.01. The topological polar surface area (TPSA) is 73.8 Å². The van der Waals surface area contributed by atoms with Crippen LogP contribution >= 0.6 is 0 Å². The van der Waals surface area contributed by atoms with E-state index in [9.17, 15) is 4.79 Å². The summed E-state index contributed by atoms with van der Waals surface area (Å²) in [4.78, 5) is 19.8. The van der Waals surface area contributed by atoms with Crippen molar-refractivity contribution in [3.63, 3.8) is 0 Å². The number of ether oxygens (including phenoxy) is 1. The third-order valence-corrected chi connectivity index (χ3v) is 5.94. The van der Waals surface area contributed by atoms with Crippen LogP contribution in [-0.2, 0) is 4.74 Å². The van der Waals surface area contributed by atoms with Gasteiger partial charge in [-0.2, -0.15) is 0 Å². The van der Waals surface area contributed by atoms with Crippen LogP contribution in [0.4, 0.5) is 5.82 Å². The normalized spacial score (nSPS) is 19.0. The van der Waals surface area contributed by atoms with Gasteiger partial charge in [0.1, 0.15) is 0 Å². The molecule has 0 saturated carbocycles. The number of amides is 1. The van der Waals surface area contributed by atoms with Gasteiger partial charge in [-0.1, -0.05) is 24.3 Å². The summed E-state index contributed by atoms with van der Waals surface area (Å²) in [5, 5.41) is 13.7. The van der Waals surface area contributed by atoms with Gasteiger partial charge in [0.05, 0.1) is 13.2 Å². The summed E-state index contributed by atoms with van der Waals surface area (Å²) >= 11 is 0. The molecule has 2 aromatic rings. The lowest BCUT2D eigenvalue weighted by Gasteiger charge is -2.26. The molecule has 1 aromatic carbocycles. The van der Waals surface area contributed by atoms with E-state index in [1.807, 2.05) is 24.3 Å². The second-order valence-electron chi connectivity index (χ2n) is 8.13. The zero-order valence-electron chi connectivity index (χ0n) is 17.8. The number of anilines is 1. The molecule has 8 nitrogen and oxygen atoms in total. The lowest BCUT2D eigenvalue weighted by atomic mass is 10.1. The first-order chi connectivity index (χ1) is 14.7. The average molecular weight is 413 g/mol. The Morgan fingerprint density at radius 1 is 1.03 bits per heavy atom. The van der Waals surface area contributed by atoms with Crippen LogP contribution in [0, 0.1) is 0 Å². The minimum absolute atomic E-state index is 0.150. The van der Waals surface area contributed by atoms with Gasteiger partial charge in [-0.05, 0) is 33.0 Å². The van der Waals surface area contributed by atoms with Crippen LogP contribution in [-0.4, -0.2) is 98.5 Å². The molecule has 162 valence electrons. The van der Waals surface area contributed by atoms with E-state index in [1.54, 1.807) is 0 Å². The van der Waals surface area contributed by atoms with Crippen molar-refractivity contribution in [1.29, 1.82) is 0 Å². The third-order valence-electron chi connectivity index (χ3n) is 5.94. The molecule has 2 fully saturated rings. The number of nitrogens with zero attached hydrogens (tertiary/aromatic N) is 5. The van der Waals surface area contributed by atoms with Gasteiger partial charge in [0.2, 0.25) is 0 Å². The molecule has 8 heteroatoms. The highest BCUT2D eigenvalue weighted by molar-refractivity contribution is 6.07. The molecule has 0 unspecified atom stereocenters. The number of carbonyl (C=O) groups is 1. The van der Waals surface area contributed by atoms with Crippen LogP contribution in [0.5, 0.6) is 0 Å². The minimum Gasteiger partial charge on any atom is -0.379 e. The Morgan fingerprint density at radius 2 is 1.83 bits per heavy atom. The summed E-state index contributed by atoms with van der Waals surface area (Å²) in [5.74, 6) is 0.729. The van der Waals surface area contributed by atoms with E-state index >= 15 is 0 Å². The largest absolute Gasteiger partial charge is 0.379 e. The van der Waals surface area contributed by atoms with Crippen molar-refractivity contribution in [3.8, 4) is 0 Å². The number of benzene rings is 1. The predicted octanol–water partition coefficient (Wildman–Crippen LogP) is 1.22. The monoisotopic (exact) mass is 412 g/mol. The molecule has 2 saturated heterocycles. The first-order valence-electron chi connectivity index (χ1n) is 11.0. The van der Waals surface area contributed by atoms with E-state index in [-0.39, 0.29) is 5.91 Å². The summed E-state index contributed by atoms with van der Waals surface area (Å²) in [6, 6.07) is 7.98. The number of likely N-dealkylation sites (N-methyl/N-ethyl adjacent to an activating group) is 1. The van der Waals surface area contributed by atoms with Gasteiger partial charge < -0.3 is 19.9 Å². The average Bonchev–Trinajstić information content (AvgIpc) is 3.01. The van der Waals surface area contributed by atoms with E-state index in [0.717, 1.165) is 88.5 Å². The van der Waals surface area contributed by atoms with Crippen molar-refractivity contribution < 1.29 is 9.53 Å². The van der Waals surface area contributed by atoms with Crippen molar-refractivity contribution in [2.24, 2.45) is 0 Å². The number of hydrogen-bond donors (Lipinski definition) is 1. The first-order valence-corrected chi connectivity index (χ1v) is 11.0. The van der Waals surface area contributed by atoms with Gasteiger partial charge in [-0.25, -0.2) is 0 Å². The predicted molar refractivity (Wildman–Crippen MR) is 118 cm³/mol. The van der Waals surface area contributed by atoms with Crippen molar-refractivity contribution >= 4 is 22.5 Å². The van der Waals surface area contributed by atoms with Crippen molar-refractivity contribution in [2.75, 3.05) is 77.5 Å². The molecule has 0 bridgehead atoms. The van der Waals surface area contributed by atoms with Gasteiger partial charge in [0.25, 0.3) is 5.91 Å². The lowest BCUT2D eigenvalue weighted by Crippen LogP contribution is -2.38.